The van der Waals surface area contributed by atoms with Crippen molar-refractivity contribution < 1.29 is 4.74 Å². The Hall–Kier alpha value is -0.110. The molecule has 0 saturated carbocycles. The summed E-state index contributed by atoms with van der Waals surface area (Å²) < 4.78 is 5.78. The van der Waals surface area contributed by atoms with E-state index in [1.807, 2.05) is 0 Å². The second-order valence-electron chi connectivity index (χ2n) is 4.00. The van der Waals surface area contributed by atoms with Crippen LogP contribution in [0.25, 0.3) is 0 Å². The predicted molar refractivity (Wildman–Crippen MR) is 75.6 cm³/mol. The molecule has 0 spiro atoms. The van der Waals surface area contributed by atoms with E-state index in [1.54, 1.807) is 12.1 Å². The van der Waals surface area contributed by atoms with Crippen molar-refractivity contribution in [3.05, 3.63) is 27.7 Å². The predicted octanol–water partition coefficient (Wildman–Crippen LogP) is 5.55. The highest BCUT2D eigenvalue weighted by Crippen LogP contribution is 2.33. The van der Waals surface area contributed by atoms with Crippen LogP contribution in [0.5, 0.6) is 5.75 Å². The van der Waals surface area contributed by atoms with E-state index in [9.17, 15) is 0 Å². The monoisotopic (exact) mass is 294 g/mol. The van der Waals surface area contributed by atoms with Crippen molar-refractivity contribution >= 4 is 34.8 Å². The van der Waals surface area contributed by atoms with Gasteiger partial charge in [0.25, 0.3) is 0 Å². The molecule has 0 atom stereocenters. The highest BCUT2D eigenvalue weighted by Gasteiger charge is 2.12. The Morgan fingerprint density at radius 2 is 1.82 bits per heavy atom. The van der Waals surface area contributed by atoms with Crippen LogP contribution in [0.4, 0.5) is 0 Å². The minimum atomic E-state index is 0.346. The summed E-state index contributed by atoms with van der Waals surface area (Å²) in [6.45, 7) is 4.98. The molecule has 17 heavy (non-hydrogen) atoms. The zero-order chi connectivity index (χ0) is 12.8. The van der Waals surface area contributed by atoms with Crippen LogP contribution in [0.2, 0.25) is 10.0 Å². The van der Waals surface area contributed by atoms with Crippen LogP contribution in [0, 0.1) is 5.92 Å². The highest BCUT2D eigenvalue weighted by atomic mass is 35.5. The van der Waals surface area contributed by atoms with E-state index in [2.05, 4.69) is 13.8 Å². The van der Waals surface area contributed by atoms with Crippen LogP contribution in [-0.2, 0) is 5.88 Å². The molecule has 0 fully saturated rings. The van der Waals surface area contributed by atoms with Crippen LogP contribution < -0.4 is 4.74 Å². The molecule has 1 rings (SSSR count). The van der Waals surface area contributed by atoms with Crippen molar-refractivity contribution in [1.82, 2.24) is 0 Å². The third-order valence-electron chi connectivity index (χ3n) is 2.85. The highest BCUT2D eigenvalue weighted by molar-refractivity contribution is 6.35. The Bertz CT molecular complexity index is 362. The Morgan fingerprint density at radius 3 is 2.35 bits per heavy atom. The third kappa shape index (κ3) is 4.24. The van der Waals surface area contributed by atoms with Gasteiger partial charge in [-0.25, -0.2) is 0 Å². The molecule has 0 amide bonds. The lowest BCUT2D eigenvalue weighted by Crippen LogP contribution is -2.11. The number of ether oxygens (including phenoxy) is 1. The van der Waals surface area contributed by atoms with Gasteiger partial charge in [0, 0.05) is 10.6 Å². The van der Waals surface area contributed by atoms with Crippen LogP contribution in [0.1, 0.15) is 32.3 Å². The average Bonchev–Trinajstić information content (AvgIpc) is 2.31. The normalized spacial score (nSPS) is 10.9. The quantitative estimate of drug-likeness (QED) is 0.625. The molecular weight excluding hydrogens is 279 g/mol. The molecule has 0 bridgehead atoms. The largest absolute Gasteiger partial charge is 0.491 e. The van der Waals surface area contributed by atoms with Gasteiger partial charge in [0.05, 0.1) is 17.5 Å². The van der Waals surface area contributed by atoms with Gasteiger partial charge in [0.2, 0.25) is 0 Å². The van der Waals surface area contributed by atoms with Gasteiger partial charge in [-0.2, -0.15) is 0 Å². The van der Waals surface area contributed by atoms with E-state index in [4.69, 9.17) is 39.5 Å². The fourth-order valence-corrected chi connectivity index (χ4v) is 2.39. The number of hydrogen-bond donors (Lipinski definition) is 0. The minimum absolute atomic E-state index is 0.346. The fraction of sp³-hybridized carbons (Fsp3) is 0.538. The van der Waals surface area contributed by atoms with Crippen LogP contribution in [-0.4, -0.2) is 6.61 Å². The van der Waals surface area contributed by atoms with Gasteiger partial charge in [0.15, 0.2) is 0 Å². The molecule has 0 aliphatic rings. The molecule has 0 aliphatic heterocycles. The molecule has 0 N–H and O–H groups in total. The number of halogens is 3. The number of alkyl halides is 1. The van der Waals surface area contributed by atoms with E-state index in [1.165, 1.54) is 0 Å². The Kier molecular flexibility index (Phi) is 6.47. The first-order valence-electron chi connectivity index (χ1n) is 5.79. The van der Waals surface area contributed by atoms with Gasteiger partial charge in [0.1, 0.15) is 5.75 Å². The molecule has 0 saturated heterocycles. The lowest BCUT2D eigenvalue weighted by Gasteiger charge is -2.17. The summed E-state index contributed by atoms with van der Waals surface area (Å²) >= 11 is 17.9. The van der Waals surface area contributed by atoms with Gasteiger partial charge in [-0.05, 0) is 18.1 Å². The van der Waals surface area contributed by atoms with Crippen molar-refractivity contribution in [3.63, 3.8) is 0 Å². The summed E-state index contributed by atoms with van der Waals surface area (Å²) in [5.41, 5.74) is 0.843. The Morgan fingerprint density at radius 1 is 1.18 bits per heavy atom. The fourth-order valence-electron chi connectivity index (χ4n) is 1.60. The van der Waals surface area contributed by atoms with Crippen molar-refractivity contribution in [2.45, 2.75) is 32.6 Å². The standard InChI is InChI=1S/C13H17Cl3O/c1-3-9(4-2)8-17-13-10(7-14)5-11(15)6-12(13)16/h5-6,9H,3-4,7-8H2,1-2H3. The molecule has 96 valence electrons. The average molecular weight is 296 g/mol. The Labute approximate surface area is 118 Å². The lowest BCUT2D eigenvalue weighted by molar-refractivity contribution is 0.239. The molecule has 0 radical (unpaired) electrons. The van der Waals surface area contributed by atoms with Crippen molar-refractivity contribution in [1.29, 1.82) is 0 Å². The lowest BCUT2D eigenvalue weighted by atomic mass is 10.1. The zero-order valence-electron chi connectivity index (χ0n) is 10.1. The van der Waals surface area contributed by atoms with Gasteiger partial charge in [-0.1, -0.05) is 49.9 Å². The van der Waals surface area contributed by atoms with Crippen molar-refractivity contribution in [2.24, 2.45) is 5.92 Å². The molecule has 0 aromatic heterocycles. The van der Waals surface area contributed by atoms with Crippen molar-refractivity contribution in [3.8, 4) is 5.75 Å². The van der Waals surface area contributed by atoms with E-state index >= 15 is 0 Å². The first-order valence-corrected chi connectivity index (χ1v) is 7.08. The number of hydrogen-bond acceptors (Lipinski definition) is 1. The van der Waals surface area contributed by atoms with Gasteiger partial charge in [-0.15, -0.1) is 11.6 Å². The molecule has 1 aromatic carbocycles. The maximum absolute atomic E-state index is 6.12. The summed E-state index contributed by atoms with van der Waals surface area (Å²) in [7, 11) is 0. The van der Waals surface area contributed by atoms with Crippen LogP contribution >= 0.6 is 34.8 Å². The molecule has 0 unspecified atom stereocenters. The Balaban J connectivity index is 2.82. The van der Waals surface area contributed by atoms with Crippen LogP contribution in [0.3, 0.4) is 0 Å². The van der Waals surface area contributed by atoms with E-state index in [-0.39, 0.29) is 0 Å². The maximum Gasteiger partial charge on any atom is 0.142 e. The topological polar surface area (TPSA) is 9.23 Å². The third-order valence-corrected chi connectivity index (χ3v) is 3.63. The van der Waals surface area contributed by atoms with Crippen molar-refractivity contribution in [2.75, 3.05) is 6.61 Å². The smallest absolute Gasteiger partial charge is 0.142 e. The summed E-state index contributed by atoms with van der Waals surface area (Å²) in [5.74, 6) is 1.56. The molecule has 0 aliphatic carbocycles. The minimum Gasteiger partial charge on any atom is -0.491 e. The second kappa shape index (κ2) is 7.35. The number of rotatable bonds is 6. The number of benzene rings is 1. The summed E-state index contributed by atoms with van der Waals surface area (Å²) in [6, 6.07) is 3.48. The summed E-state index contributed by atoms with van der Waals surface area (Å²) in [6.07, 6.45) is 2.19. The molecule has 4 heteroatoms. The van der Waals surface area contributed by atoms with Gasteiger partial charge in [-0.3, -0.25) is 0 Å². The van der Waals surface area contributed by atoms with Crippen LogP contribution in [0.15, 0.2) is 12.1 Å². The molecule has 1 nitrogen and oxygen atoms in total. The van der Waals surface area contributed by atoms with E-state index in [0.717, 1.165) is 18.4 Å². The maximum atomic E-state index is 6.12. The first kappa shape index (κ1) is 14.9. The first-order chi connectivity index (χ1) is 8.12. The molecule has 1 aromatic rings. The summed E-state index contributed by atoms with van der Waals surface area (Å²) in [4.78, 5) is 0. The molecule has 0 heterocycles. The second-order valence-corrected chi connectivity index (χ2v) is 5.11. The summed E-state index contributed by atoms with van der Waals surface area (Å²) in [5, 5.41) is 1.11. The zero-order valence-corrected chi connectivity index (χ0v) is 12.4. The molecular formula is C13H17Cl3O. The SMILES string of the molecule is CCC(CC)COc1c(Cl)cc(Cl)cc1CCl. The van der Waals surface area contributed by atoms with Gasteiger partial charge >= 0.3 is 0 Å². The van der Waals surface area contributed by atoms with E-state index < -0.39 is 0 Å². The van der Waals surface area contributed by atoms with E-state index in [0.29, 0.717) is 34.2 Å². The van der Waals surface area contributed by atoms with Gasteiger partial charge < -0.3 is 4.74 Å².